The SMILES string of the molecule is CC(c1cscn1)C(N)OC=O. The predicted octanol–water partition coefficient (Wildman–Crippen LogP) is 0.704. The van der Waals surface area contributed by atoms with Crippen LogP contribution >= 0.6 is 11.3 Å². The molecule has 5 heteroatoms. The van der Waals surface area contributed by atoms with Crippen LogP contribution in [-0.4, -0.2) is 17.7 Å². The second-order valence-electron chi connectivity index (χ2n) is 2.40. The highest BCUT2D eigenvalue weighted by molar-refractivity contribution is 7.07. The van der Waals surface area contributed by atoms with E-state index in [1.165, 1.54) is 11.3 Å². The van der Waals surface area contributed by atoms with E-state index >= 15 is 0 Å². The van der Waals surface area contributed by atoms with Crippen molar-refractivity contribution in [2.24, 2.45) is 5.73 Å². The Kier molecular flexibility index (Phi) is 3.19. The average molecular weight is 186 g/mol. The zero-order chi connectivity index (χ0) is 8.97. The van der Waals surface area contributed by atoms with Crippen molar-refractivity contribution in [3.8, 4) is 0 Å². The minimum Gasteiger partial charge on any atom is -0.448 e. The molecule has 0 aliphatic carbocycles. The van der Waals surface area contributed by atoms with Crippen LogP contribution in [0.3, 0.4) is 0 Å². The van der Waals surface area contributed by atoms with Crippen LogP contribution in [0.15, 0.2) is 10.9 Å². The lowest BCUT2D eigenvalue weighted by Crippen LogP contribution is -2.29. The van der Waals surface area contributed by atoms with Crippen LogP contribution in [0.5, 0.6) is 0 Å². The number of hydrogen-bond donors (Lipinski definition) is 1. The fourth-order valence-electron chi connectivity index (χ4n) is 0.797. The first-order chi connectivity index (χ1) is 5.75. The number of nitrogens with zero attached hydrogens (tertiary/aromatic N) is 1. The van der Waals surface area contributed by atoms with Gasteiger partial charge in [-0.15, -0.1) is 11.3 Å². The summed E-state index contributed by atoms with van der Waals surface area (Å²) in [7, 11) is 0. The summed E-state index contributed by atoms with van der Waals surface area (Å²) < 4.78 is 4.59. The van der Waals surface area contributed by atoms with E-state index in [0.29, 0.717) is 6.47 Å². The molecule has 1 heterocycles. The second-order valence-corrected chi connectivity index (χ2v) is 3.12. The van der Waals surface area contributed by atoms with Crippen LogP contribution in [0.1, 0.15) is 18.5 Å². The molecule has 0 spiro atoms. The van der Waals surface area contributed by atoms with Gasteiger partial charge in [0.05, 0.1) is 11.2 Å². The maximum atomic E-state index is 9.97. The van der Waals surface area contributed by atoms with Crippen LogP contribution in [0, 0.1) is 0 Å². The molecule has 1 aromatic rings. The molecule has 0 fully saturated rings. The van der Waals surface area contributed by atoms with Crippen molar-refractivity contribution in [2.45, 2.75) is 19.1 Å². The summed E-state index contributed by atoms with van der Waals surface area (Å²) in [5, 5.41) is 1.89. The molecule has 66 valence electrons. The highest BCUT2D eigenvalue weighted by Crippen LogP contribution is 2.17. The molecule has 2 atom stereocenters. The fraction of sp³-hybridized carbons (Fsp3) is 0.429. The molecule has 0 aliphatic heterocycles. The zero-order valence-electron chi connectivity index (χ0n) is 6.64. The summed E-state index contributed by atoms with van der Waals surface area (Å²) in [4.78, 5) is 14.0. The average Bonchev–Trinajstić information content (AvgIpc) is 2.55. The van der Waals surface area contributed by atoms with Gasteiger partial charge in [-0.2, -0.15) is 0 Å². The number of rotatable bonds is 4. The number of aromatic nitrogens is 1. The Morgan fingerprint density at radius 3 is 3.08 bits per heavy atom. The van der Waals surface area contributed by atoms with Crippen molar-refractivity contribution >= 4 is 17.8 Å². The summed E-state index contributed by atoms with van der Waals surface area (Å²) in [6.45, 7) is 2.22. The smallest absolute Gasteiger partial charge is 0.294 e. The number of carbonyl (C=O) groups excluding carboxylic acids is 1. The Hall–Kier alpha value is -0.940. The summed E-state index contributed by atoms with van der Waals surface area (Å²) in [5.74, 6) is -0.0542. The second kappa shape index (κ2) is 4.18. The molecule has 0 bridgehead atoms. The van der Waals surface area contributed by atoms with Gasteiger partial charge in [0.15, 0.2) is 6.23 Å². The van der Waals surface area contributed by atoms with Gasteiger partial charge < -0.3 is 4.74 Å². The molecule has 2 unspecified atom stereocenters. The molecule has 12 heavy (non-hydrogen) atoms. The highest BCUT2D eigenvalue weighted by atomic mass is 32.1. The number of carbonyl (C=O) groups is 1. The molecule has 0 saturated heterocycles. The number of hydrogen-bond acceptors (Lipinski definition) is 5. The van der Waals surface area contributed by atoms with Gasteiger partial charge in [0.2, 0.25) is 0 Å². The van der Waals surface area contributed by atoms with Gasteiger partial charge >= 0.3 is 0 Å². The number of nitrogens with two attached hydrogens (primary N) is 1. The van der Waals surface area contributed by atoms with Gasteiger partial charge in [-0.3, -0.25) is 10.5 Å². The number of thiazole rings is 1. The van der Waals surface area contributed by atoms with Crippen LogP contribution in [0.4, 0.5) is 0 Å². The first-order valence-electron chi connectivity index (χ1n) is 3.48. The third-order valence-electron chi connectivity index (χ3n) is 1.62. The quantitative estimate of drug-likeness (QED) is 0.555. The molecular weight excluding hydrogens is 176 g/mol. The third-order valence-corrected chi connectivity index (χ3v) is 2.23. The molecule has 1 aromatic heterocycles. The van der Waals surface area contributed by atoms with E-state index < -0.39 is 6.23 Å². The van der Waals surface area contributed by atoms with Crippen LogP contribution in [0.2, 0.25) is 0 Å². The molecule has 2 N–H and O–H groups in total. The molecule has 0 saturated carbocycles. The van der Waals surface area contributed by atoms with Crippen molar-refractivity contribution in [3.05, 3.63) is 16.6 Å². The first-order valence-corrected chi connectivity index (χ1v) is 4.42. The molecule has 0 amide bonds. The maximum absolute atomic E-state index is 9.97. The van der Waals surface area contributed by atoms with Gasteiger partial charge in [0.1, 0.15) is 0 Å². The summed E-state index contributed by atoms with van der Waals surface area (Å²) >= 11 is 1.49. The lowest BCUT2D eigenvalue weighted by Gasteiger charge is -2.15. The molecular formula is C7H10N2O2S. The van der Waals surface area contributed by atoms with Crippen LogP contribution in [-0.2, 0) is 9.53 Å². The van der Waals surface area contributed by atoms with E-state index in [2.05, 4.69) is 9.72 Å². The van der Waals surface area contributed by atoms with Gasteiger partial charge in [-0.05, 0) is 0 Å². The normalized spacial score (nSPS) is 15.2. The lowest BCUT2D eigenvalue weighted by atomic mass is 10.1. The molecule has 0 aliphatic rings. The van der Waals surface area contributed by atoms with Gasteiger partial charge in [-0.1, -0.05) is 6.92 Å². The van der Waals surface area contributed by atoms with Crippen molar-refractivity contribution in [1.29, 1.82) is 0 Å². The van der Waals surface area contributed by atoms with E-state index in [-0.39, 0.29) is 5.92 Å². The van der Waals surface area contributed by atoms with Crippen molar-refractivity contribution < 1.29 is 9.53 Å². The van der Waals surface area contributed by atoms with Crippen molar-refractivity contribution in [2.75, 3.05) is 0 Å². The predicted molar refractivity (Wildman–Crippen MR) is 45.7 cm³/mol. The van der Waals surface area contributed by atoms with E-state index in [1.807, 2.05) is 12.3 Å². The Bertz CT molecular complexity index is 238. The Morgan fingerprint density at radius 1 is 1.83 bits per heavy atom. The molecule has 0 aromatic carbocycles. The summed E-state index contributed by atoms with van der Waals surface area (Å²) in [6.07, 6.45) is -0.607. The minimum atomic E-state index is -0.607. The van der Waals surface area contributed by atoms with E-state index in [1.54, 1.807) is 5.51 Å². The molecule has 4 nitrogen and oxygen atoms in total. The fourth-order valence-corrected chi connectivity index (χ4v) is 1.46. The van der Waals surface area contributed by atoms with Gasteiger partial charge in [-0.25, -0.2) is 4.98 Å². The summed E-state index contributed by atoms with van der Waals surface area (Å²) in [6, 6.07) is 0. The van der Waals surface area contributed by atoms with Crippen molar-refractivity contribution in [1.82, 2.24) is 4.98 Å². The first kappa shape index (κ1) is 9.15. The zero-order valence-corrected chi connectivity index (χ0v) is 7.45. The van der Waals surface area contributed by atoms with Gasteiger partial charge in [0, 0.05) is 11.3 Å². The van der Waals surface area contributed by atoms with Crippen molar-refractivity contribution in [3.63, 3.8) is 0 Å². The number of ether oxygens (including phenoxy) is 1. The third kappa shape index (κ3) is 2.02. The Labute approximate surface area is 74.4 Å². The largest absolute Gasteiger partial charge is 0.448 e. The van der Waals surface area contributed by atoms with E-state index in [4.69, 9.17) is 5.73 Å². The van der Waals surface area contributed by atoms with Gasteiger partial charge in [0.25, 0.3) is 6.47 Å². The van der Waals surface area contributed by atoms with Crippen LogP contribution < -0.4 is 5.73 Å². The Morgan fingerprint density at radius 2 is 2.58 bits per heavy atom. The van der Waals surface area contributed by atoms with E-state index in [9.17, 15) is 4.79 Å². The minimum absolute atomic E-state index is 0.0542. The Balaban J connectivity index is 2.58. The van der Waals surface area contributed by atoms with E-state index in [0.717, 1.165) is 5.69 Å². The topological polar surface area (TPSA) is 65.2 Å². The lowest BCUT2D eigenvalue weighted by molar-refractivity contribution is -0.134. The van der Waals surface area contributed by atoms with Crippen LogP contribution in [0.25, 0.3) is 0 Å². The molecule has 1 rings (SSSR count). The summed E-state index contributed by atoms with van der Waals surface area (Å²) in [5.41, 5.74) is 8.11. The highest BCUT2D eigenvalue weighted by Gasteiger charge is 2.16. The molecule has 0 radical (unpaired) electrons. The standard InChI is InChI=1S/C7H10N2O2S/c1-5(7(8)11-4-10)6-2-12-3-9-6/h2-5,7H,8H2,1H3. The maximum Gasteiger partial charge on any atom is 0.294 e. The monoisotopic (exact) mass is 186 g/mol.